The Morgan fingerprint density at radius 2 is 1.84 bits per heavy atom. The van der Waals surface area contributed by atoms with Crippen LogP contribution in [0.2, 0.25) is 0 Å². The Kier molecular flexibility index (Phi) is 10.4. The van der Waals surface area contributed by atoms with E-state index in [1.54, 1.807) is 7.11 Å². The first-order valence-corrected chi connectivity index (χ1v) is 10.6. The largest absolute Gasteiger partial charge is 0.377 e. The lowest BCUT2D eigenvalue weighted by Gasteiger charge is -2.43. The molecule has 2 fully saturated rings. The zero-order valence-electron chi connectivity index (χ0n) is 16.4. The molecule has 0 spiro atoms. The summed E-state index contributed by atoms with van der Waals surface area (Å²) in [4.78, 5) is 7.48. The summed E-state index contributed by atoms with van der Waals surface area (Å²) < 4.78 is 5.49. The van der Waals surface area contributed by atoms with Crippen LogP contribution in [-0.4, -0.2) is 73.3 Å². The number of halogens is 1. The molecule has 1 saturated carbocycles. The summed E-state index contributed by atoms with van der Waals surface area (Å²) in [5.74, 6) is 3.47. The van der Waals surface area contributed by atoms with Crippen LogP contribution in [0.1, 0.15) is 46.5 Å². The molecule has 0 amide bonds. The van der Waals surface area contributed by atoms with Crippen molar-refractivity contribution in [3.05, 3.63) is 0 Å². The summed E-state index contributed by atoms with van der Waals surface area (Å²) >= 11 is 2.09. The normalized spacial score (nSPS) is 21.7. The average Bonchev–Trinajstić information content (AvgIpc) is 3.08. The zero-order chi connectivity index (χ0) is 17.5. The Bertz CT molecular complexity index is 408. The molecule has 0 aromatic heterocycles. The Labute approximate surface area is 175 Å². The minimum Gasteiger partial charge on any atom is -0.377 e. The van der Waals surface area contributed by atoms with Crippen LogP contribution < -0.4 is 10.6 Å². The lowest BCUT2D eigenvalue weighted by atomic mass is 9.94. The third-order valence-electron chi connectivity index (χ3n) is 5.32. The van der Waals surface area contributed by atoms with Gasteiger partial charge in [-0.2, -0.15) is 11.8 Å². The molecule has 1 saturated heterocycles. The van der Waals surface area contributed by atoms with Crippen molar-refractivity contribution >= 4 is 41.7 Å². The summed E-state index contributed by atoms with van der Waals surface area (Å²) in [6.07, 6.45) is 5.34. The first-order valence-electron chi connectivity index (χ1n) is 9.41. The van der Waals surface area contributed by atoms with Crippen LogP contribution in [0.15, 0.2) is 4.99 Å². The highest BCUT2D eigenvalue weighted by molar-refractivity contribution is 14.0. The van der Waals surface area contributed by atoms with Gasteiger partial charge in [-0.3, -0.25) is 9.89 Å². The molecular formula is C18H37IN4OS. The Morgan fingerprint density at radius 3 is 2.40 bits per heavy atom. The summed E-state index contributed by atoms with van der Waals surface area (Å²) in [7, 11) is 1.75. The van der Waals surface area contributed by atoms with Gasteiger partial charge in [-0.05, 0) is 33.6 Å². The molecule has 0 bridgehead atoms. The van der Waals surface area contributed by atoms with E-state index in [2.05, 4.69) is 48.1 Å². The number of nitrogens with zero attached hydrogens (tertiary/aromatic N) is 2. The standard InChI is InChI=1S/C18H36N4OS.HI/c1-5-19-16(20-14-17(2,3)23-4)21-15-18(8-6-7-9-18)22-10-12-24-13-11-22;/h5-15H2,1-4H3,(H2,19,20,21);1H. The number of hydrogen-bond donors (Lipinski definition) is 2. The molecule has 25 heavy (non-hydrogen) atoms. The first kappa shape index (κ1) is 23.3. The van der Waals surface area contributed by atoms with E-state index in [9.17, 15) is 0 Å². The predicted octanol–water partition coefficient (Wildman–Crippen LogP) is 2.95. The number of rotatable bonds is 7. The number of thioether (sulfide) groups is 1. The maximum absolute atomic E-state index is 5.49. The minimum atomic E-state index is -0.225. The lowest BCUT2D eigenvalue weighted by Crippen LogP contribution is -2.57. The molecule has 5 nitrogen and oxygen atoms in total. The first-order chi connectivity index (χ1) is 11.5. The van der Waals surface area contributed by atoms with Gasteiger partial charge in [0.05, 0.1) is 12.1 Å². The van der Waals surface area contributed by atoms with E-state index in [-0.39, 0.29) is 29.6 Å². The van der Waals surface area contributed by atoms with Crippen LogP contribution in [0.3, 0.4) is 0 Å². The van der Waals surface area contributed by atoms with Crippen molar-refractivity contribution in [1.29, 1.82) is 0 Å². The monoisotopic (exact) mass is 484 g/mol. The fourth-order valence-corrected chi connectivity index (χ4v) is 4.50. The molecule has 1 aliphatic heterocycles. The highest BCUT2D eigenvalue weighted by Crippen LogP contribution is 2.36. The summed E-state index contributed by atoms with van der Waals surface area (Å²) in [5.41, 5.74) is 0.103. The van der Waals surface area contributed by atoms with Crippen LogP contribution in [0, 0.1) is 0 Å². The summed E-state index contributed by atoms with van der Waals surface area (Å²) in [6, 6.07) is 0. The van der Waals surface area contributed by atoms with Crippen molar-refractivity contribution in [1.82, 2.24) is 15.5 Å². The van der Waals surface area contributed by atoms with Crippen LogP contribution in [0.25, 0.3) is 0 Å². The molecule has 0 unspecified atom stereocenters. The molecular weight excluding hydrogens is 447 g/mol. The van der Waals surface area contributed by atoms with Crippen LogP contribution in [0.5, 0.6) is 0 Å². The number of aliphatic imine (C=N–C) groups is 1. The molecule has 0 aromatic carbocycles. The third kappa shape index (κ3) is 7.07. The van der Waals surface area contributed by atoms with E-state index in [0.717, 1.165) is 19.0 Å². The van der Waals surface area contributed by atoms with Gasteiger partial charge in [-0.1, -0.05) is 12.8 Å². The molecule has 7 heteroatoms. The Balaban J connectivity index is 0.00000312. The van der Waals surface area contributed by atoms with Crippen LogP contribution in [0.4, 0.5) is 0 Å². The fraction of sp³-hybridized carbons (Fsp3) is 0.944. The molecule has 1 heterocycles. The van der Waals surface area contributed by atoms with E-state index in [1.807, 2.05) is 0 Å². The van der Waals surface area contributed by atoms with Gasteiger partial charge >= 0.3 is 0 Å². The summed E-state index contributed by atoms with van der Waals surface area (Å²) in [5, 5.41) is 7.02. The molecule has 148 valence electrons. The second-order valence-corrected chi connectivity index (χ2v) is 8.77. The topological polar surface area (TPSA) is 48.9 Å². The Hall–Kier alpha value is 0.270. The maximum Gasteiger partial charge on any atom is 0.191 e. The second kappa shape index (κ2) is 11.2. The average molecular weight is 484 g/mol. The number of ether oxygens (including phenoxy) is 1. The zero-order valence-corrected chi connectivity index (χ0v) is 19.5. The summed E-state index contributed by atoms with van der Waals surface area (Å²) in [6.45, 7) is 11.3. The second-order valence-electron chi connectivity index (χ2n) is 7.54. The van der Waals surface area contributed by atoms with Gasteiger partial charge in [0.15, 0.2) is 5.96 Å². The van der Waals surface area contributed by atoms with E-state index >= 15 is 0 Å². The molecule has 2 N–H and O–H groups in total. The Morgan fingerprint density at radius 1 is 1.20 bits per heavy atom. The van der Waals surface area contributed by atoms with Crippen molar-refractivity contribution in [3.63, 3.8) is 0 Å². The number of guanidine groups is 1. The lowest BCUT2D eigenvalue weighted by molar-refractivity contribution is 0.0310. The van der Waals surface area contributed by atoms with E-state index in [4.69, 9.17) is 9.73 Å². The molecule has 1 aliphatic carbocycles. The van der Waals surface area contributed by atoms with Gasteiger partial charge in [0, 0.05) is 50.3 Å². The highest BCUT2D eigenvalue weighted by atomic mass is 127. The third-order valence-corrected chi connectivity index (χ3v) is 6.26. The predicted molar refractivity (Wildman–Crippen MR) is 121 cm³/mol. The molecule has 2 rings (SSSR count). The maximum atomic E-state index is 5.49. The van der Waals surface area contributed by atoms with Gasteiger partial charge in [-0.15, -0.1) is 24.0 Å². The number of methoxy groups -OCH3 is 1. The van der Waals surface area contributed by atoms with Crippen LogP contribution >= 0.6 is 35.7 Å². The van der Waals surface area contributed by atoms with Gasteiger partial charge in [-0.25, -0.2) is 0 Å². The quantitative estimate of drug-likeness (QED) is 0.331. The molecule has 0 aromatic rings. The number of hydrogen-bond acceptors (Lipinski definition) is 4. The van der Waals surface area contributed by atoms with Gasteiger partial charge < -0.3 is 15.4 Å². The molecule has 0 atom stereocenters. The van der Waals surface area contributed by atoms with Gasteiger partial charge in [0.2, 0.25) is 0 Å². The highest BCUT2D eigenvalue weighted by Gasteiger charge is 2.40. The van der Waals surface area contributed by atoms with E-state index < -0.39 is 0 Å². The van der Waals surface area contributed by atoms with Gasteiger partial charge in [0.1, 0.15) is 0 Å². The number of nitrogens with one attached hydrogen (secondary N) is 2. The molecule has 0 radical (unpaired) electrons. The van der Waals surface area contributed by atoms with Crippen molar-refractivity contribution in [2.45, 2.75) is 57.6 Å². The van der Waals surface area contributed by atoms with E-state index in [0.29, 0.717) is 12.1 Å². The smallest absolute Gasteiger partial charge is 0.191 e. The van der Waals surface area contributed by atoms with Crippen molar-refractivity contribution in [3.8, 4) is 0 Å². The van der Waals surface area contributed by atoms with E-state index in [1.165, 1.54) is 50.3 Å². The van der Waals surface area contributed by atoms with Crippen molar-refractivity contribution in [2.24, 2.45) is 4.99 Å². The van der Waals surface area contributed by atoms with Crippen molar-refractivity contribution < 1.29 is 4.74 Å². The fourth-order valence-electron chi connectivity index (χ4n) is 3.60. The SMILES string of the molecule is CCNC(=NCC(C)(C)OC)NCC1(N2CCSCC2)CCCC1.I. The minimum absolute atomic E-state index is 0. The van der Waals surface area contributed by atoms with Crippen molar-refractivity contribution in [2.75, 3.05) is 51.3 Å². The van der Waals surface area contributed by atoms with Crippen LogP contribution in [-0.2, 0) is 4.74 Å². The van der Waals surface area contributed by atoms with Gasteiger partial charge in [0.25, 0.3) is 0 Å². The molecule has 2 aliphatic rings.